The Balaban J connectivity index is 2.16. The molecule has 3 nitrogen and oxygen atoms in total. The van der Waals surface area contributed by atoms with Gasteiger partial charge in [0.15, 0.2) is 0 Å². The van der Waals surface area contributed by atoms with Gasteiger partial charge in [-0.2, -0.15) is 13.2 Å². The van der Waals surface area contributed by atoms with E-state index in [0.717, 1.165) is 5.56 Å². The van der Waals surface area contributed by atoms with Gasteiger partial charge in [-0.15, -0.1) is 0 Å². The number of aromatic nitrogens is 1. The molecule has 0 saturated heterocycles. The van der Waals surface area contributed by atoms with Crippen LogP contribution >= 0.6 is 0 Å². The number of pyridine rings is 1. The van der Waals surface area contributed by atoms with E-state index < -0.39 is 11.7 Å². The fourth-order valence-electron chi connectivity index (χ4n) is 2.16. The minimum atomic E-state index is -4.23. The van der Waals surface area contributed by atoms with E-state index in [1.807, 2.05) is 11.8 Å². The van der Waals surface area contributed by atoms with Crippen molar-refractivity contribution in [3.63, 3.8) is 0 Å². The van der Waals surface area contributed by atoms with Gasteiger partial charge in [0.05, 0.1) is 6.61 Å². The topological polar surface area (TPSA) is 36.4 Å². The predicted octanol–water partition coefficient (Wildman–Crippen LogP) is 2.58. The first kappa shape index (κ1) is 13.9. The van der Waals surface area contributed by atoms with E-state index in [2.05, 4.69) is 4.98 Å². The molecule has 0 radical (unpaired) electrons. The lowest BCUT2D eigenvalue weighted by molar-refractivity contribution is -0.0944. The molecular weight excluding hydrogens is 257 g/mol. The summed E-state index contributed by atoms with van der Waals surface area (Å²) in [4.78, 5) is 6.03. The third-order valence-electron chi connectivity index (χ3n) is 3.16. The van der Waals surface area contributed by atoms with Gasteiger partial charge in [0, 0.05) is 24.9 Å². The third kappa shape index (κ3) is 3.07. The Kier molecular flexibility index (Phi) is 3.80. The van der Waals surface area contributed by atoms with Gasteiger partial charge in [-0.05, 0) is 30.5 Å². The molecule has 0 amide bonds. The largest absolute Gasteiger partial charge is 0.412 e. The summed E-state index contributed by atoms with van der Waals surface area (Å²) in [5.41, 5.74) is 1.09. The summed E-state index contributed by atoms with van der Waals surface area (Å²) in [6, 6.07) is 1.80. The first-order valence-electron chi connectivity index (χ1n) is 5.99. The molecule has 0 saturated carbocycles. The Hall–Kier alpha value is -1.56. The van der Waals surface area contributed by atoms with E-state index in [0.29, 0.717) is 17.9 Å². The van der Waals surface area contributed by atoms with Gasteiger partial charge in [-0.1, -0.05) is 6.08 Å². The Morgan fingerprint density at radius 1 is 1.42 bits per heavy atom. The number of rotatable bonds is 2. The lowest BCUT2D eigenvalue weighted by atomic mass is 10.1. The van der Waals surface area contributed by atoms with Crippen LogP contribution in [-0.2, 0) is 6.61 Å². The van der Waals surface area contributed by atoms with E-state index in [9.17, 15) is 13.2 Å². The molecule has 0 unspecified atom stereocenters. The number of hydrogen-bond donors (Lipinski definition) is 1. The highest BCUT2D eigenvalue weighted by Crippen LogP contribution is 2.31. The highest BCUT2D eigenvalue weighted by Gasteiger charge is 2.35. The molecule has 0 aliphatic carbocycles. The summed E-state index contributed by atoms with van der Waals surface area (Å²) in [6.45, 7) is 2.26. The molecule has 2 rings (SSSR count). The maximum Gasteiger partial charge on any atom is 0.412 e. The van der Waals surface area contributed by atoms with Crippen molar-refractivity contribution in [1.82, 2.24) is 4.98 Å². The third-order valence-corrected chi connectivity index (χ3v) is 3.16. The van der Waals surface area contributed by atoms with Crippen LogP contribution in [0.3, 0.4) is 0 Å². The molecular formula is C13H15F3N2O. The van der Waals surface area contributed by atoms with Gasteiger partial charge >= 0.3 is 6.18 Å². The lowest BCUT2D eigenvalue weighted by Gasteiger charge is -2.29. The van der Waals surface area contributed by atoms with E-state index in [1.54, 1.807) is 12.3 Å². The lowest BCUT2D eigenvalue weighted by Crippen LogP contribution is -2.32. The average molecular weight is 272 g/mol. The number of alkyl halides is 3. The number of aliphatic hydroxyl groups is 1. The van der Waals surface area contributed by atoms with Gasteiger partial charge in [0.1, 0.15) is 5.82 Å². The van der Waals surface area contributed by atoms with Crippen molar-refractivity contribution in [2.24, 2.45) is 0 Å². The van der Waals surface area contributed by atoms with Crippen molar-refractivity contribution in [2.75, 3.05) is 18.0 Å². The van der Waals surface area contributed by atoms with Crippen LogP contribution in [-0.4, -0.2) is 29.4 Å². The quantitative estimate of drug-likeness (QED) is 0.841. The summed E-state index contributed by atoms with van der Waals surface area (Å²) in [7, 11) is 0. The standard InChI is InChI=1S/C13H15F3N2O/c1-9-6-10(8-19)7-17-12(9)18-4-2-11(3-5-18)13(14,15)16/h2,6-7,19H,3-5,8H2,1H3. The van der Waals surface area contributed by atoms with Gasteiger partial charge < -0.3 is 10.0 Å². The molecule has 104 valence electrons. The molecule has 1 aromatic heterocycles. The number of hydrogen-bond acceptors (Lipinski definition) is 3. The van der Waals surface area contributed by atoms with Crippen molar-refractivity contribution in [3.8, 4) is 0 Å². The minimum absolute atomic E-state index is 0.0215. The summed E-state index contributed by atoms with van der Waals surface area (Å²) in [5.74, 6) is 0.676. The molecule has 0 fully saturated rings. The summed E-state index contributed by atoms with van der Waals surface area (Å²) >= 11 is 0. The Morgan fingerprint density at radius 3 is 2.63 bits per heavy atom. The van der Waals surface area contributed by atoms with Gasteiger partial charge in [-0.3, -0.25) is 0 Å². The highest BCUT2D eigenvalue weighted by atomic mass is 19.4. The van der Waals surface area contributed by atoms with Crippen LogP contribution < -0.4 is 4.90 Å². The highest BCUT2D eigenvalue weighted by molar-refractivity contribution is 5.49. The second kappa shape index (κ2) is 5.21. The summed E-state index contributed by atoms with van der Waals surface area (Å²) in [5, 5.41) is 9.00. The predicted molar refractivity (Wildman–Crippen MR) is 65.9 cm³/mol. The molecule has 0 spiro atoms. The molecule has 19 heavy (non-hydrogen) atoms. The maximum absolute atomic E-state index is 12.5. The molecule has 0 aromatic carbocycles. The zero-order chi connectivity index (χ0) is 14.0. The SMILES string of the molecule is Cc1cc(CO)cnc1N1CC=C(C(F)(F)F)CC1. The van der Waals surface area contributed by atoms with Crippen LogP contribution in [0.1, 0.15) is 17.5 Å². The van der Waals surface area contributed by atoms with Crippen molar-refractivity contribution in [3.05, 3.63) is 35.0 Å². The zero-order valence-electron chi connectivity index (χ0n) is 10.5. The first-order valence-corrected chi connectivity index (χ1v) is 5.99. The van der Waals surface area contributed by atoms with Crippen LogP contribution in [0.25, 0.3) is 0 Å². The number of aliphatic hydroxyl groups excluding tert-OH is 1. The van der Waals surface area contributed by atoms with Crippen molar-refractivity contribution < 1.29 is 18.3 Å². The average Bonchev–Trinajstić information content (AvgIpc) is 2.37. The fourth-order valence-corrected chi connectivity index (χ4v) is 2.16. The first-order chi connectivity index (χ1) is 8.91. The van der Waals surface area contributed by atoms with Gasteiger partial charge in [0.25, 0.3) is 0 Å². The molecule has 2 heterocycles. The number of halogens is 3. The van der Waals surface area contributed by atoms with Crippen molar-refractivity contribution in [2.45, 2.75) is 26.1 Å². The van der Waals surface area contributed by atoms with Crippen molar-refractivity contribution in [1.29, 1.82) is 0 Å². The van der Waals surface area contributed by atoms with Gasteiger partial charge in [0.2, 0.25) is 0 Å². The van der Waals surface area contributed by atoms with Crippen molar-refractivity contribution >= 4 is 5.82 Å². The fraction of sp³-hybridized carbons (Fsp3) is 0.462. The van der Waals surface area contributed by atoms with Crippen LogP contribution in [0.5, 0.6) is 0 Å². The molecule has 1 aromatic rings. The Labute approximate surface area is 109 Å². The van der Waals surface area contributed by atoms with Crippen LogP contribution in [0.2, 0.25) is 0 Å². The molecule has 1 aliphatic rings. The minimum Gasteiger partial charge on any atom is -0.392 e. The second-order valence-corrected chi connectivity index (χ2v) is 4.57. The van der Waals surface area contributed by atoms with Gasteiger partial charge in [-0.25, -0.2) is 4.98 Å². The second-order valence-electron chi connectivity index (χ2n) is 4.57. The van der Waals surface area contributed by atoms with E-state index in [4.69, 9.17) is 5.11 Å². The van der Waals surface area contributed by atoms with Crippen LogP contribution in [0.15, 0.2) is 23.9 Å². The number of anilines is 1. The number of aryl methyl sites for hydroxylation is 1. The summed E-state index contributed by atoms with van der Waals surface area (Å²) in [6.07, 6.45) is -1.49. The Bertz CT molecular complexity index is 497. The van der Waals surface area contributed by atoms with E-state index in [1.165, 1.54) is 6.08 Å². The molecule has 1 N–H and O–H groups in total. The molecule has 0 atom stereocenters. The molecule has 0 bridgehead atoms. The smallest absolute Gasteiger partial charge is 0.392 e. The molecule has 1 aliphatic heterocycles. The summed E-state index contributed by atoms with van der Waals surface area (Å²) < 4.78 is 37.6. The molecule has 6 heteroatoms. The van der Waals surface area contributed by atoms with E-state index in [-0.39, 0.29) is 19.6 Å². The maximum atomic E-state index is 12.5. The zero-order valence-corrected chi connectivity index (χ0v) is 10.5. The monoisotopic (exact) mass is 272 g/mol. The van der Waals surface area contributed by atoms with Crippen LogP contribution in [0.4, 0.5) is 19.0 Å². The normalized spacial score (nSPS) is 16.5. The van der Waals surface area contributed by atoms with Crippen LogP contribution in [0, 0.1) is 6.92 Å². The Morgan fingerprint density at radius 2 is 2.16 bits per heavy atom. The number of nitrogens with zero attached hydrogens (tertiary/aromatic N) is 2. The van der Waals surface area contributed by atoms with E-state index >= 15 is 0 Å².